The van der Waals surface area contributed by atoms with Gasteiger partial charge in [0.1, 0.15) is 0 Å². The van der Waals surface area contributed by atoms with E-state index >= 15 is 0 Å². The number of rotatable bonds is 3. The standard InChI is InChI=1S/C12H14ClN3/c1-14-12(11-6-7-15-16(11)2)9-4-3-5-10(13)8-9/h3-8,12,14H,1-2H3. The summed E-state index contributed by atoms with van der Waals surface area (Å²) in [6.45, 7) is 0. The molecule has 0 amide bonds. The van der Waals surface area contributed by atoms with Crippen molar-refractivity contribution in [2.24, 2.45) is 7.05 Å². The van der Waals surface area contributed by atoms with E-state index in [2.05, 4.69) is 16.5 Å². The predicted molar refractivity (Wildman–Crippen MR) is 65.6 cm³/mol. The molecule has 1 N–H and O–H groups in total. The second kappa shape index (κ2) is 4.68. The van der Waals surface area contributed by atoms with Gasteiger partial charge in [-0.05, 0) is 30.8 Å². The van der Waals surface area contributed by atoms with Crippen LogP contribution >= 0.6 is 11.6 Å². The van der Waals surface area contributed by atoms with E-state index in [9.17, 15) is 0 Å². The van der Waals surface area contributed by atoms with Gasteiger partial charge in [0.05, 0.1) is 11.7 Å². The Balaban J connectivity index is 2.40. The van der Waals surface area contributed by atoms with Gasteiger partial charge in [0, 0.05) is 18.3 Å². The highest BCUT2D eigenvalue weighted by Crippen LogP contribution is 2.23. The molecule has 1 aromatic heterocycles. The minimum atomic E-state index is 0.117. The Morgan fingerprint density at radius 2 is 2.19 bits per heavy atom. The van der Waals surface area contributed by atoms with Gasteiger partial charge in [-0.2, -0.15) is 5.10 Å². The molecule has 0 fully saturated rings. The summed E-state index contributed by atoms with van der Waals surface area (Å²) in [6.07, 6.45) is 1.80. The van der Waals surface area contributed by atoms with Crippen LogP contribution in [0.1, 0.15) is 17.3 Å². The van der Waals surface area contributed by atoms with Crippen LogP contribution in [-0.4, -0.2) is 16.8 Å². The van der Waals surface area contributed by atoms with Crippen LogP contribution in [0.2, 0.25) is 5.02 Å². The summed E-state index contributed by atoms with van der Waals surface area (Å²) in [5, 5.41) is 8.20. The molecular formula is C12H14ClN3. The zero-order valence-electron chi connectivity index (χ0n) is 9.31. The van der Waals surface area contributed by atoms with Gasteiger partial charge in [-0.15, -0.1) is 0 Å². The highest BCUT2D eigenvalue weighted by molar-refractivity contribution is 6.30. The Kier molecular flexibility index (Phi) is 3.27. The Morgan fingerprint density at radius 1 is 1.38 bits per heavy atom. The molecule has 1 atom stereocenters. The van der Waals surface area contributed by atoms with E-state index in [0.717, 1.165) is 16.3 Å². The number of hydrogen-bond donors (Lipinski definition) is 1. The van der Waals surface area contributed by atoms with Crippen LogP contribution in [0.3, 0.4) is 0 Å². The van der Waals surface area contributed by atoms with Crippen LogP contribution < -0.4 is 5.32 Å². The fraction of sp³-hybridized carbons (Fsp3) is 0.250. The normalized spacial score (nSPS) is 12.7. The highest BCUT2D eigenvalue weighted by Gasteiger charge is 2.15. The molecule has 2 aromatic rings. The molecule has 1 unspecified atom stereocenters. The molecule has 16 heavy (non-hydrogen) atoms. The van der Waals surface area contributed by atoms with E-state index in [0.29, 0.717) is 0 Å². The first-order chi connectivity index (χ1) is 7.72. The average Bonchev–Trinajstić information content (AvgIpc) is 2.67. The third-order valence-electron chi connectivity index (χ3n) is 2.63. The van der Waals surface area contributed by atoms with E-state index in [1.807, 2.05) is 43.0 Å². The van der Waals surface area contributed by atoms with Gasteiger partial charge in [0.25, 0.3) is 0 Å². The first kappa shape index (κ1) is 11.2. The lowest BCUT2D eigenvalue weighted by molar-refractivity contribution is 0.606. The largest absolute Gasteiger partial charge is 0.308 e. The predicted octanol–water partition coefficient (Wildman–Crippen LogP) is 2.38. The van der Waals surface area contributed by atoms with Crippen molar-refractivity contribution in [3.05, 3.63) is 52.8 Å². The van der Waals surface area contributed by atoms with Gasteiger partial charge in [0.15, 0.2) is 0 Å². The van der Waals surface area contributed by atoms with Crippen molar-refractivity contribution in [3.8, 4) is 0 Å². The van der Waals surface area contributed by atoms with Gasteiger partial charge in [-0.3, -0.25) is 4.68 Å². The maximum absolute atomic E-state index is 6.00. The average molecular weight is 236 g/mol. The van der Waals surface area contributed by atoms with Crippen molar-refractivity contribution in [2.75, 3.05) is 7.05 Å². The smallest absolute Gasteiger partial charge is 0.0746 e. The molecule has 0 aliphatic heterocycles. The van der Waals surface area contributed by atoms with Crippen molar-refractivity contribution in [2.45, 2.75) is 6.04 Å². The maximum Gasteiger partial charge on any atom is 0.0746 e. The number of benzene rings is 1. The fourth-order valence-corrected chi connectivity index (χ4v) is 2.04. The SMILES string of the molecule is CNC(c1cccc(Cl)c1)c1ccnn1C. The van der Waals surface area contributed by atoms with Crippen LogP contribution in [0.4, 0.5) is 0 Å². The zero-order valence-corrected chi connectivity index (χ0v) is 10.1. The fourth-order valence-electron chi connectivity index (χ4n) is 1.84. The molecule has 0 saturated heterocycles. The summed E-state index contributed by atoms with van der Waals surface area (Å²) in [7, 11) is 3.86. The van der Waals surface area contributed by atoms with Crippen LogP contribution in [0.5, 0.6) is 0 Å². The summed E-state index contributed by atoms with van der Waals surface area (Å²) in [5.74, 6) is 0. The number of nitrogens with one attached hydrogen (secondary N) is 1. The van der Waals surface area contributed by atoms with E-state index < -0.39 is 0 Å². The molecular weight excluding hydrogens is 222 g/mol. The van der Waals surface area contributed by atoms with E-state index in [1.54, 1.807) is 6.20 Å². The second-order valence-electron chi connectivity index (χ2n) is 3.66. The third kappa shape index (κ3) is 2.10. The monoisotopic (exact) mass is 235 g/mol. The summed E-state index contributed by atoms with van der Waals surface area (Å²) in [5.41, 5.74) is 2.25. The van der Waals surface area contributed by atoms with E-state index in [-0.39, 0.29) is 6.04 Å². The number of hydrogen-bond acceptors (Lipinski definition) is 2. The Hall–Kier alpha value is -1.32. The van der Waals surface area contributed by atoms with Crippen molar-refractivity contribution in [1.82, 2.24) is 15.1 Å². The summed E-state index contributed by atoms with van der Waals surface area (Å²) in [6, 6.07) is 9.98. The van der Waals surface area contributed by atoms with Gasteiger partial charge < -0.3 is 5.32 Å². The number of nitrogens with zero attached hydrogens (tertiary/aromatic N) is 2. The topological polar surface area (TPSA) is 29.9 Å². The van der Waals surface area contributed by atoms with Crippen molar-refractivity contribution in [1.29, 1.82) is 0 Å². The van der Waals surface area contributed by atoms with Crippen molar-refractivity contribution < 1.29 is 0 Å². The van der Waals surface area contributed by atoms with Crippen LogP contribution in [0.15, 0.2) is 36.5 Å². The molecule has 3 nitrogen and oxygen atoms in total. The number of aryl methyl sites for hydroxylation is 1. The zero-order chi connectivity index (χ0) is 11.5. The molecule has 4 heteroatoms. The quantitative estimate of drug-likeness (QED) is 0.886. The van der Waals surface area contributed by atoms with Crippen LogP contribution in [0, 0.1) is 0 Å². The number of aromatic nitrogens is 2. The molecule has 2 rings (SSSR count). The van der Waals surface area contributed by atoms with E-state index in [1.165, 1.54) is 0 Å². The lowest BCUT2D eigenvalue weighted by Crippen LogP contribution is -2.20. The van der Waals surface area contributed by atoms with Crippen molar-refractivity contribution >= 4 is 11.6 Å². The first-order valence-electron chi connectivity index (χ1n) is 5.13. The van der Waals surface area contributed by atoms with Gasteiger partial charge >= 0.3 is 0 Å². The van der Waals surface area contributed by atoms with Crippen LogP contribution in [0.25, 0.3) is 0 Å². The minimum Gasteiger partial charge on any atom is -0.308 e. The van der Waals surface area contributed by atoms with Gasteiger partial charge in [0.2, 0.25) is 0 Å². The molecule has 0 radical (unpaired) electrons. The molecule has 84 valence electrons. The minimum absolute atomic E-state index is 0.117. The molecule has 0 aliphatic rings. The first-order valence-corrected chi connectivity index (χ1v) is 5.51. The van der Waals surface area contributed by atoms with E-state index in [4.69, 9.17) is 11.6 Å². The molecule has 1 aromatic carbocycles. The summed E-state index contributed by atoms with van der Waals surface area (Å²) >= 11 is 6.00. The highest BCUT2D eigenvalue weighted by atomic mass is 35.5. The van der Waals surface area contributed by atoms with Crippen LogP contribution in [-0.2, 0) is 7.05 Å². The molecule has 1 heterocycles. The summed E-state index contributed by atoms with van der Waals surface area (Å²) in [4.78, 5) is 0. The molecule has 0 aliphatic carbocycles. The second-order valence-corrected chi connectivity index (χ2v) is 4.09. The Bertz CT molecular complexity index is 479. The Morgan fingerprint density at radius 3 is 2.75 bits per heavy atom. The third-order valence-corrected chi connectivity index (χ3v) is 2.86. The lowest BCUT2D eigenvalue weighted by Gasteiger charge is -2.17. The maximum atomic E-state index is 6.00. The van der Waals surface area contributed by atoms with Gasteiger partial charge in [-0.1, -0.05) is 23.7 Å². The molecule has 0 spiro atoms. The van der Waals surface area contributed by atoms with Crippen molar-refractivity contribution in [3.63, 3.8) is 0 Å². The molecule has 0 bridgehead atoms. The molecule has 0 saturated carbocycles. The number of halogens is 1. The lowest BCUT2D eigenvalue weighted by atomic mass is 10.0. The van der Waals surface area contributed by atoms with Gasteiger partial charge in [-0.25, -0.2) is 0 Å². The Labute approximate surface area is 100 Å². The summed E-state index contributed by atoms with van der Waals surface area (Å²) < 4.78 is 1.86.